The van der Waals surface area contributed by atoms with Crippen LogP contribution < -0.4 is 14.4 Å². The van der Waals surface area contributed by atoms with Gasteiger partial charge in [0.1, 0.15) is 17.3 Å². The molecule has 1 heterocycles. The van der Waals surface area contributed by atoms with Crippen LogP contribution in [0.4, 0.5) is 19.0 Å². The van der Waals surface area contributed by atoms with Crippen molar-refractivity contribution in [3.05, 3.63) is 81.5 Å². The highest BCUT2D eigenvalue weighted by Gasteiger charge is 2.36. The van der Waals surface area contributed by atoms with E-state index < -0.39 is 11.7 Å². The van der Waals surface area contributed by atoms with E-state index in [4.69, 9.17) is 9.47 Å². The molecule has 0 spiro atoms. The van der Waals surface area contributed by atoms with Crippen molar-refractivity contribution in [2.75, 3.05) is 19.1 Å². The van der Waals surface area contributed by atoms with Crippen LogP contribution in [-0.2, 0) is 19.3 Å². The van der Waals surface area contributed by atoms with Crippen LogP contribution in [0.5, 0.6) is 11.5 Å². The summed E-state index contributed by atoms with van der Waals surface area (Å²) in [4.78, 5) is 6.22. The smallest absolute Gasteiger partial charge is 0.419 e. The SMILES string of the molecule is COc1ccc(CN(Cc2ccc(OC)cc2)c2cc(Br)c(C(F)(F)F)c(C)n2)cc1. The van der Waals surface area contributed by atoms with E-state index in [1.165, 1.54) is 13.0 Å². The largest absolute Gasteiger partial charge is 0.497 e. The van der Waals surface area contributed by atoms with Gasteiger partial charge in [0, 0.05) is 17.6 Å². The number of hydrogen-bond acceptors (Lipinski definition) is 4. The zero-order valence-corrected chi connectivity index (χ0v) is 18.9. The van der Waals surface area contributed by atoms with Gasteiger partial charge in [0.25, 0.3) is 0 Å². The minimum Gasteiger partial charge on any atom is -0.497 e. The number of aryl methyl sites for hydroxylation is 1. The first kappa shape index (κ1) is 22.9. The maximum absolute atomic E-state index is 13.4. The molecule has 0 atom stereocenters. The average molecular weight is 495 g/mol. The van der Waals surface area contributed by atoms with Crippen molar-refractivity contribution >= 4 is 21.7 Å². The van der Waals surface area contributed by atoms with E-state index in [1.807, 2.05) is 53.4 Å². The first-order valence-electron chi connectivity index (χ1n) is 9.46. The van der Waals surface area contributed by atoms with Gasteiger partial charge in [-0.05, 0) is 64.3 Å². The molecule has 0 aliphatic rings. The molecule has 8 heteroatoms. The number of hydrogen-bond donors (Lipinski definition) is 0. The number of anilines is 1. The summed E-state index contributed by atoms with van der Waals surface area (Å²) in [6, 6.07) is 16.5. The summed E-state index contributed by atoms with van der Waals surface area (Å²) < 4.78 is 50.5. The number of rotatable bonds is 7. The Morgan fingerprint density at radius 2 is 1.32 bits per heavy atom. The van der Waals surface area contributed by atoms with Gasteiger partial charge in [0.05, 0.1) is 25.5 Å². The fraction of sp³-hybridized carbons (Fsp3) is 0.261. The van der Waals surface area contributed by atoms with Crippen LogP contribution in [0.25, 0.3) is 0 Å². The quantitative estimate of drug-likeness (QED) is 0.380. The van der Waals surface area contributed by atoms with E-state index in [0.29, 0.717) is 18.9 Å². The number of nitrogens with zero attached hydrogens (tertiary/aromatic N) is 2. The van der Waals surface area contributed by atoms with Gasteiger partial charge in [-0.3, -0.25) is 0 Å². The molecule has 3 rings (SSSR count). The Labute approximate surface area is 187 Å². The molecule has 4 nitrogen and oxygen atoms in total. The van der Waals surface area contributed by atoms with Crippen LogP contribution >= 0.6 is 15.9 Å². The first-order chi connectivity index (χ1) is 14.7. The van der Waals surface area contributed by atoms with E-state index in [2.05, 4.69) is 20.9 Å². The predicted octanol–water partition coefficient (Wildman–Crippen LogP) is 6.40. The van der Waals surface area contributed by atoms with Gasteiger partial charge >= 0.3 is 6.18 Å². The van der Waals surface area contributed by atoms with Crippen LogP contribution in [-0.4, -0.2) is 19.2 Å². The Bertz CT molecular complexity index is 950. The number of methoxy groups -OCH3 is 2. The standard InChI is InChI=1S/C23H22BrF3N2O2/c1-15-22(23(25,26)27)20(24)12-21(28-15)29(13-16-4-8-18(30-2)9-5-16)14-17-6-10-19(31-3)11-7-17/h4-12H,13-14H2,1-3H3. The summed E-state index contributed by atoms with van der Waals surface area (Å²) in [6.45, 7) is 2.29. The van der Waals surface area contributed by atoms with Crippen LogP contribution in [0.3, 0.4) is 0 Å². The second kappa shape index (κ2) is 9.60. The summed E-state index contributed by atoms with van der Waals surface area (Å²) in [7, 11) is 3.19. The lowest BCUT2D eigenvalue weighted by molar-refractivity contribution is -0.138. The second-order valence-corrected chi connectivity index (χ2v) is 7.83. The van der Waals surface area contributed by atoms with Gasteiger partial charge in [0.15, 0.2) is 0 Å². The van der Waals surface area contributed by atoms with Gasteiger partial charge in [-0.2, -0.15) is 13.2 Å². The fourth-order valence-corrected chi connectivity index (χ4v) is 3.96. The molecule has 0 saturated heterocycles. The van der Waals surface area contributed by atoms with E-state index >= 15 is 0 Å². The minimum atomic E-state index is -4.48. The molecule has 0 saturated carbocycles. The number of ether oxygens (including phenoxy) is 2. The Kier molecular flexibility index (Phi) is 7.10. The molecule has 0 bridgehead atoms. The lowest BCUT2D eigenvalue weighted by Gasteiger charge is -2.26. The molecular weight excluding hydrogens is 473 g/mol. The zero-order valence-electron chi connectivity index (χ0n) is 17.3. The average Bonchev–Trinajstić information content (AvgIpc) is 2.72. The second-order valence-electron chi connectivity index (χ2n) is 6.97. The van der Waals surface area contributed by atoms with Crippen molar-refractivity contribution < 1.29 is 22.6 Å². The highest BCUT2D eigenvalue weighted by molar-refractivity contribution is 9.10. The third kappa shape index (κ3) is 5.70. The van der Waals surface area contributed by atoms with Gasteiger partial charge in [0.2, 0.25) is 0 Å². The van der Waals surface area contributed by atoms with Gasteiger partial charge in [-0.15, -0.1) is 0 Å². The molecule has 0 N–H and O–H groups in total. The van der Waals surface area contributed by atoms with E-state index in [1.54, 1.807) is 14.2 Å². The Morgan fingerprint density at radius 1 is 0.871 bits per heavy atom. The topological polar surface area (TPSA) is 34.6 Å². The lowest BCUT2D eigenvalue weighted by atomic mass is 10.1. The molecule has 0 unspecified atom stereocenters. The Hall–Kier alpha value is -2.74. The molecule has 31 heavy (non-hydrogen) atoms. The normalized spacial score (nSPS) is 11.3. The number of benzene rings is 2. The molecule has 0 aliphatic carbocycles. The van der Waals surface area contributed by atoms with Crippen LogP contribution in [0.2, 0.25) is 0 Å². The summed E-state index contributed by atoms with van der Waals surface area (Å²) in [5.74, 6) is 1.91. The monoisotopic (exact) mass is 494 g/mol. The minimum absolute atomic E-state index is 0.0306. The maximum atomic E-state index is 13.4. The summed E-state index contributed by atoms with van der Waals surface area (Å²) in [5.41, 5.74) is 1.12. The molecule has 3 aromatic rings. The molecule has 0 aliphatic heterocycles. The predicted molar refractivity (Wildman–Crippen MR) is 118 cm³/mol. The van der Waals surface area contributed by atoms with Crippen molar-refractivity contribution in [3.8, 4) is 11.5 Å². The molecule has 0 amide bonds. The van der Waals surface area contributed by atoms with Crippen LogP contribution in [0.15, 0.2) is 59.1 Å². The van der Waals surface area contributed by atoms with E-state index in [-0.39, 0.29) is 10.2 Å². The van der Waals surface area contributed by atoms with Crippen LogP contribution in [0.1, 0.15) is 22.4 Å². The molecule has 2 aromatic carbocycles. The van der Waals surface area contributed by atoms with Crippen molar-refractivity contribution in [1.29, 1.82) is 0 Å². The molecule has 164 valence electrons. The third-order valence-corrected chi connectivity index (χ3v) is 5.44. The molecular formula is C23H22BrF3N2O2. The number of pyridine rings is 1. The highest BCUT2D eigenvalue weighted by Crippen LogP contribution is 2.38. The molecule has 1 aromatic heterocycles. The van der Waals surface area contributed by atoms with E-state index in [9.17, 15) is 13.2 Å². The zero-order chi connectivity index (χ0) is 22.6. The fourth-order valence-electron chi connectivity index (χ4n) is 3.24. The molecule has 0 fully saturated rings. The highest BCUT2D eigenvalue weighted by atomic mass is 79.9. The van der Waals surface area contributed by atoms with Crippen molar-refractivity contribution in [1.82, 2.24) is 4.98 Å². The number of alkyl halides is 3. The van der Waals surface area contributed by atoms with Gasteiger partial charge < -0.3 is 14.4 Å². The Morgan fingerprint density at radius 3 is 1.68 bits per heavy atom. The number of halogens is 4. The summed E-state index contributed by atoms with van der Waals surface area (Å²) in [5, 5.41) is 0. The first-order valence-corrected chi connectivity index (χ1v) is 10.3. The lowest BCUT2D eigenvalue weighted by Crippen LogP contribution is -2.24. The van der Waals surface area contributed by atoms with Gasteiger partial charge in [-0.1, -0.05) is 24.3 Å². The number of aromatic nitrogens is 1. The maximum Gasteiger partial charge on any atom is 0.419 e. The third-order valence-electron chi connectivity index (χ3n) is 4.81. The van der Waals surface area contributed by atoms with Crippen molar-refractivity contribution in [2.45, 2.75) is 26.2 Å². The van der Waals surface area contributed by atoms with E-state index in [0.717, 1.165) is 22.6 Å². The molecule has 0 radical (unpaired) electrons. The van der Waals surface area contributed by atoms with Crippen molar-refractivity contribution in [3.63, 3.8) is 0 Å². The van der Waals surface area contributed by atoms with Gasteiger partial charge in [-0.25, -0.2) is 4.98 Å². The van der Waals surface area contributed by atoms with Crippen LogP contribution in [0, 0.1) is 6.92 Å². The summed E-state index contributed by atoms with van der Waals surface area (Å²) >= 11 is 3.09. The van der Waals surface area contributed by atoms with Crippen molar-refractivity contribution in [2.24, 2.45) is 0 Å². The Balaban J connectivity index is 1.97. The summed E-state index contributed by atoms with van der Waals surface area (Å²) in [6.07, 6.45) is -4.48.